The largest absolute Gasteiger partial charge is 0.384 e. The van der Waals surface area contributed by atoms with Gasteiger partial charge in [-0.3, -0.25) is 0 Å². The van der Waals surface area contributed by atoms with Crippen molar-refractivity contribution in [3.8, 4) is 0 Å². The maximum atomic E-state index is 5.65. The quantitative estimate of drug-likeness (QED) is 0.690. The summed E-state index contributed by atoms with van der Waals surface area (Å²) in [5.41, 5.74) is 6.72. The zero-order chi connectivity index (χ0) is 7.84. The molecule has 0 radical (unpaired) electrons. The third kappa shape index (κ3) is 0.922. The summed E-state index contributed by atoms with van der Waals surface area (Å²) in [6.07, 6.45) is 0. The fourth-order valence-electron chi connectivity index (χ4n) is 1.13. The maximum Gasteiger partial charge on any atom is 0.116 e. The number of rotatable bonds is 0. The number of nitrogen functional groups attached to an aromatic ring is 1. The van der Waals surface area contributed by atoms with Crippen LogP contribution in [0.15, 0.2) is 28.7 Å². The van der Waals surface area contributed by atoms with Gasteiger partial charge in [-0.1, -0.05) is 18.2 Å². The summed E-state index contributed by atoms with van der Waals surface area (Å²) >= 11 is 3.39. The number of aromatic amines is 1. The van der Waals surface area contributed by atoms with Crippen molar-refractivity contribution in [3.05, 3.63) is 28.7 Å². The third-order valence-corrected chi connectivity index (χ3v) is 2.52. The van der Waals surface area contributed by atoms with Crippen LogP contribution in [0.3, 0.4) is 0 Å². The molecule has 56 valence electrons. The Morgan fingerprint density at radius 3 is 2.73 bits per heavy atom. The molecule has 0 unspecified atom stereocenters. The van der Waals surface area contributed by atoms with Crippen molar-refractivity contribution in [2.75, 3.05) is 5.73 Å². The summed E-state index contributed by atoms with van der Waals surface area (Å²) in [7, 11) is 0. The number of nitrogens with two attached hydrogens (primary N) is 1. The number of anilines is 1. The molecule has 11 heavy (non-hydrogen) atoms. The molecule has 1 heterocycles. The molecular weight excluding hydrogens is 204 g/mol. The molecule has 2 rings (SSSR count). The monoisotopic (exact) mass is 210 g/mol. The van der Waals surface area contributed by atoms with Gasteiger partial charge in [-0.25, -0.2) is 0 Å². The van der Waals surface area contributed by atoms with Gasteiger partial charge in [0.1, 0.15) is 5.82 Å². The molecule has 2 nitrogen and oxygen atoms in total. The summed E-state index contributed by atoms with van der Waals surface area (Å²) in [6, 6.07) is 7.98. The number of para-hydroxylation sites is 1. The lowest BCUT2D eigenvalue weighted by Crippen LogP contribution is -1.82. The molecule has 0 fully saturated rings. The van der Waals surface area contributed by atoms with Gasteiger partial charge in [-0.2, -0.15) is 0 Å². The van der Waals surface area contributed by atoms with Crippen molar-refractivity contribution in [2.24, 2.45) is 0 Å². The van der Waals surface area contributed by atoms with E-state index in [4.69, 9.17) is 5.73 Å². The van der Waals surface area contributed by atoms with E-state index < -0.39 is 0 Å². The van der Waals surface area contributed by atoms with Gasteiger partial charge in [-0.15, -0.1) is 0 Å². The van der Waals surface area contributed by atoms with E-state index in [1.165, 1.54) is 0 Å². The highest BCUT2D eigenvalue weighted by Crippen LogP contribution is 2.28. The minimum atomic E-state index is 0.686. The molecule has 0 atom stereocenters. The number of H-pyrrole nitrogens is 1. The zero-order valence-electron chi connectivity index (χ0n) is 5.76. The van der Waals surface area contributed by atoms with Crippen LogP contribution in [-0.4, -0.2) is 4.98 Å². The number of hydrogen-bond donors (Lipinski definition) is 2. The Bertz CT molecular complexity index is 392. The molecule has 0 aliphatic carbocycles. The first-order chi connectivity index (χ1) is 5.29. The predicted molar refractivity (Wildman–Crippen MR) is 50.4 cm³/mol. The van der Waals surface area contributed by atoms with Crippen LogP contribution in [0, 0.1) is 0 Å². The summed E-state index contributed by atoms with van der Waals surface area (Å²) < 4.78 is 0.952. The highest BCUT2D eigenvalue weighted by molar-refractivity contribution is 9.10. The van der Waals surface area contributed by atoms with Crippen molar-refractivity contribution < 1.29 is 0 Å². The predicted octanol–water partition coefficient (Wildman–Crippen LogP) is 2.51. The van der Waals surface area contributed by atoms with E-state index in [0.29, 0.717) is 5.82 Å². The van der Waals surface area contributed by atoms with Crippen LogP contribution >= 0.6 is 15.9 Å². The second kappa shape index (κ2) is 2.27. The van der Waals surface area contributed by atoms with Crippen molar-refractivity contribution in [2.45, 2.75) is 0 Å². The molecule has 0 spiro atoms. The van der Waals surface area contributed by atoms with Crippen LogP contribution in [0.4, 0.5) is 5.82 Å². The van der Waals surface area contributed by atoms with E-state index >= 15 is 0 Å². The molecule has 0 saturated carbocycles. The van der Waals surface area contributed by atoms with E-state index in [9.17, 15) is 0 Å². The minimum absolute atomic E-state index is 0.686. The lowest BCUT2D eigenvalue weighted by Gasteiger charge is -1.85. The van der Waals surface area contributed by atoms with Crippen LogP contribution in [0.2, 0.25) is 0 Å². The third-order valence-electron chi connectivity index (χ3n) is 1.67. The molecule has 0 saturated heterocycles. The summed E-state index contributed by atoms with van der Waals surface area (Å²) in [5, 5.41) is 1.13. The molecule has 1 aromatic heterocycles. The average Bonchev–Trinajstić information content (AvgIpc) is 2.30. The molecule has 0 amide bonds. The summed E-state index contributed by atoms with van der Waals surface area (Å²) in [6.45, 7) is 0. The highest BCUT2D eigenvalue weighted by atomic mass is 79.9. The fraction of sp³-hybridized carbons (Fsp3) is 0. The Labute approximate surface area is 72.5 Å². The van der Waals surface area contributed by atoms with E-state index in [2.05, 4.69) is 20.9 Å². The standard InChI is InChI=1S/C8H7BrN2/c9-7-5-3-1-2-4-6(5)11-8(7)10/h1-4,11H,10H2. The molecule has 0 bridgehead atoms. The Balaban J connectivity index is 2.92. The normalized spacial score (nSPS) is 10.6. The number of benzene rings is 1. The first-order valence-electron chi connectivity index (χ1n) is 3.31. The number of hydrogen-bond acceptors (Lipinski definition) is 1. The molecule has 0 aliphatic heterocycles. The maximum absolute atomic E-state index is 5.65. The van der Waals surface area contributed by atoms with Gasteiger partial charge in [0.25, 0.3) is 0 Å². The van der Waals surface area contributed by atoms with Crippen LogP contribution in [0.25, 0.3) is 10.9 Å². The zero-order valence-corrected chi connectivity index (χ0v) is 7.35. The Hall–Kier alpha value is -0.960. The van der Waals surface area contributed by atoms with Crippen LogP contribution < -0.4 is 5.73 Å². The van der Waals surface area contributed by atoms with Gasteiger partial charge in [0, 0.05) is 10.9 Å². The fourth-order valence-corrected chi connectivity index (χ4v) is 1.57. The summed E-state index contributed by atoms with van der Waals surface area (Å²) in [4.78, 5) is 3.06. The summed E-state index contributed by atoms with van der Waals surface area (Å²) in [5.74, 6) is 0.686. The van der Waals surface area contributed by atoms with E-state index in [-0.39, 0.29) is 0 Å². The van der Waals surface area contributed by atoms with Crippen LogP contribution in [0.5, 0.6) is 0 Å². The lowest BCUT2D eigenvalue weighted by molar-refractivity contribution is 1.46. The second-order valence-corrected chi connectivity index (χ2v) is 3.19. The number of aromatic nitrogens is 1. The number of nitrogens with one attached hydrogen (secondary N) is 1. The SMILES string of the molecule is Nc1[nH]c2ccccc2c1Br. The molecule has 0 aliphatic rings. The first-order valence-corrected chi connectivity index (χ1v) is 4.10. The van der Waals surface area contributed by atoms with Gasteiger partial charge < -0.3 is 10.7 Å². The molecule has 3 heteroatoms. The van der Waals surface area contributed by atoms with Crippen molar-refractivity contribution in [1.82, 2.24) is 4.98 Å². The minimum Gasteiger partial charge on any atom is -0.384 e. The smallest absolute Gasteiger partial charge is 0.116 e. The average molecular weight is 211 g/mol. The van der Waals surface area contributed by atoms with E-state index in [0.717, 1.165) is 15.4 Å². The number of fused-ring (bicyclic) bond motifs is 1. The highest BCUT2D eigenvalue weighted by Gasteiger charge is 2.03. The molecule has 3 N–H and O–H groups in total. The first kappa shape index (κ1) is 6.73. The lowest BCUT2D eigenvalue weighted by atomic mass is 10.2. The van der Waals surface area contributed by atoms with Crippen molar-refractivity contribution >= 4 is 32.7 Å². The molecule has 2 aromatic rings. The topological polar surface area (TPSA) is 41.8 Å². The Kier molecular flexibility index (Phi) is 1.39. The van der Waals surface area contributed by atoms with Crippen LogP contribution in [0.1, 0.15) is 0 Å². The van der Waals surface area contributed by atoms with Crippen molar-refractivity contribution in [1.29, 1.82) is 0 Å². The number of halogens is 1. The van der Waals surface area contributed by atoms with Gasteiger partial charge in [0.05, 0.1) is 4.47 Å². The van der Waals surface area contributed by atoms with Gasteiger partial charge in [0.2, 0.25) is 0 Å². The molecule has 1 aromatic carbocycles. The van der Waals surface area contributed by atoms with Crippen LogP contribution in [-0.2, 0) is 0 Å². The van der Waals surface area contributed by atoms with E-state index in [1.807, 2.05) is 24.3 Å². The van der Waals surface area contributed by atoms with Gasteiger partial charge in [0.15, 0.2) is 0 Å². The van der Waals surface area contributed by atoms with Gasteiger partial charge in [-0.05, 0) is 22.0 Å². The second-order valence-electron chi connectivity index (χ2n) is 2.40. The van der Waals surface area contributed by atoms with Gasteiger partial charge >= 0.3 is 0 Å². The Morgan fingerprint density at radius 2 is 2.00 bits per heavy atom. The van der Waals surface area contributed by atoms with E-state index in [1.54, 1.807) is 0 Å². The van der Waals surface area contributed by atoms with Crippen molar-refractivity contribution in [3.63, 3.8) is 0 Å². The molecular formula is C8H7BrN2. The Morgan fingerprint density at radius 1 is 1.27 bits per heavy atom.